The molecule has 2 aromatic carbocycles. The first-order valence-corrected chi connectivity index (χ1v) is 9.63. The van der Waals surface area contributed by atoms with Crippen molar-refractivity contribution in [2.24, 2.45) is 0 Å². The third kappa shape index (κ3) is 3.54. The van der Waals surface area contributed by atoms with E-state index in [1.165, 1.54) is 16.7 Å². The Labute approximate surface area is 150 Å². The molecule has 0 amide bonds. The maximum Gasteiger partial charge on any atom is 0.125 e. The second-order valence-corrected chi connectivity index (χ2v) is 7.74. The normalized spacial score (nSPS) is 14.6. The van der Waals surface area contributed by atoms with E-state index in [0.717, 1.165) is 39.5 Å². The highest BCUT2D eigenvalue weighted by Gasteiger charge is 2.20. The molecule has 0 aromatic heterocycles. The first kappa shape index (κ1) is 15.6. The molecule has 0 saturated carbocycles. The van der Waals surface area contributed by atoms with Gasteiger partial charge in [-0.1, -0.05) is 59.9 Å². The minimum absolute atomic E-state index is 0.435. The molecule has 110 valence electrons. The van der Waals surface area contributed by atoms with Crippen molar-refractivity contribution in [2.45, 2.75) is 18.8 Å². The van der Waals surface area contributed by atoms with Crippen LogP contribution < -0.4 is 4.74 Å². The molecule has 3 rings (SSSR count). The van der Waals surface area contributed by atoms with E-state index in [1.807, 2.05) is 0 Å². The predicted octanol–water partition coefficient (Wildman–Crippen LogP) is 5.87. The van der Waals surface area contributed by atoms with Gasteiger partial charge in [0.25, 0.3) is 0 Å². The van der Waals surface area contributed by atoms with Gasteiger partial charge in [0, 0.05) is 20.7 Å². The van der Waals surface area contributed by atoms with E-state index in [4.69, 9.17) is 4.74 Å². The molecular weight excluding hydrogens is 460 g/mol. The minimum Gasteiger partial charge on any atom is -0.493 e. The van der Waals surface area contributed by atoms with Crippen molar-refractivity contribution in [3.8, 4) is 5.75 Å². The zero-order valence-electron chi connectivity index (χ0n) is 11.4. The summed E-state index contributed by atoms with van der Waals surface area (Å²) in [6.07, 6.45) is 1.99. The molecule has 0 bridgehead atoms. The van der Waals surface area contributed by atoms with Gasteiger partial charge in [0.1, 0.15) is 5.75 Å². The first-order chi connectivity index (χ1) is 10.2. The number of rotatable bonds is 4. The van der Waals surface area contributed by atoms with Gasteiger partial charge < -0.3 is 4.74 Å². The molecular formula is C17H15Br3O. The molecule has 0 spiro atoms. The van der Waals surface area contributed by atoms with E-state index in [9.17, 15) is 0 Å². The molecule has 0 N–H and O–H groups in total. The van der Waals surface area contributed by atoms with E-state index in [0.29, 0.717) is 5.92 Å². The van der Waals surface area contributed by atoms with Gasteiger partial charge in [-0.05, 0) is 53.3 Å². The minimum atomic E-state index is 0.435. The van der Waals surface area contributed by atoms with E-state index in [-0.39, 0.29) is 0 Å². The Hall–Kier alpha value is -0.320. The number of halogens is 3. The molecule has 0 aliphatic carbocycles. The largest absolute Gasteiger partial charge is 0.493 e. The van der Waals surface area contributed by atoms with Crippen molar-refractivity contribution >= 4 is 47.8 Å². The topological polar surface area (TPSA) is 9.23 Å². The molecule has 1 aliphatic rings. The number of benzene rings is 2. The molecule has 1 unspecified atom stereocenters. The average molecular weight is 475 g/mol. The lowest BCUT2D eigenvalue weighted by Gasteiger charge is -2.17. The summed E-state index contributed by atoms with van der Waals surface area (Å²) in [5.41, 5.74) is 3.95. The summed E-state index contributed by atoms with van der Waals surface area (Å²) in [4.78, 5) is 0. The molecule has 1 nitrogen and oxygen atoms in total. The summed E-state index contributed by atoms with van der Waals surface area (Å²) in [7, 11) is 0. The van der Waals surface area contributed by atoms with Gasteiger partial charge in [-0.25, -0.2) is 0 Å². The fraction of sp³-hybridized carbons (Fsp3) is 0.294. The van der Waals surface area contributed by atoms with Crippen LogP contribution in [-0.2, 0) is 12.8 Å². The fourth-order valence-electron chi connectivity index (χ4n) is 2.79. The van der Waals surface area contributed by atoms with Crippen LogP contribution in [0.3, 0.4) is 0 Å². The van der Waals surface area contributed by atoms with E-state index < -0.39 is 0 Å². The summed E-state index contributed by atoms with van der Waals surface area (Å²) in [5.74, 6) is 1.53. The highest BCUT2D eigenvalue weighted by Crippen LogP contribution is 2.36. The molecule has 2 aromatic rings. The standard InChI is InChI=1S/C17H15Br3O/c18-10-14(11-2-1-3-15(19)7-11)6-13-9-16(20)8-12-4-5-21-17(12)13/h1-3,7-9,14H,4-6,10H2. The van der Waals surface area contributed by atoms with E-state index in [1.54, 1.807) is 0 Å². The Morgan fingerprint density at radius 1 is 1.10 bits per heavy atom. The van der Waals surface area contributed by atoms with Gasteiger partial charge in [0.15, 0.2) is 0 Å². The van der Waals surface area contributed by atoms with Gasteiger partial charge in [0.2, 0.25) is 0 Å². The Morgan fingerprint density at radius 2 is 1.95 bits per heavy atom. The van der Waals surface area contributed by atoms with Crippen LogP contribution in [0, 0.1) is 0 Å². The van der Waals surface area contributed by atoms with Crippen LogP contribution in [0.25, 0.3) is 0 Å². The first-order valence-electron chi connectivity index (χ1n) is 6.93. The van der Waals surface area contributed by atoms with E-state index >= 15 is 0 Å². The summed E-state index contributed by atoms with van der Waals surface area (Å²) in [5, 5.41) is 0.935. The van der Waals surface area contributed by atoms with Crippen LogP contribution >= 0.6 is 47.8 Å². The number of fused-ring (bicyclic) bond motifs is 1. The van der Waals surface area contributed by atoms with E-state index in [2.05, 4.69) is 84.2 Å². The highest BCUT2D eigenvalue weighted by atomic mass is 79.9. The lowest BCUT2D eigenvalue weighted by Crippen LogP contribution is -2.06. The lowest BCUT2D eigenvalue weighted by atomic mass is 9.92. The number of ether oxygens (including phenoxy) is 1. The predicted molar refractivity (Wildman–Crippen MR) is 97.7 cm³/mol. The quantitative estimate of drug-likeness (QED) is 0.504. The highest BCUT2D eigenvalue weighted by molar-refractivity contribution is 9.10. The molecule has 1 heterocycles. The maximum atomic E-state index is 5.84. The van der Waals surface area contributed by atoms with Crippen LogP contribution in [0.1, 0.15) is 22.6 Å². The van der Waals surface area contributed by atoms with Crippen LogP contribution in [0.2, 0.25) is 0 Å². The average Bonchev–Trinajstić information content (AvgIpc) is 2.92. The monoisotopic (exact) mass is 472 g/mol. The van der Waals surface area contributed by atoms with Crippen molar-refractivity contribution in [1.82, 2.24) is 0 Å². The second-order valence-electron chi connectivity index (χ2n) is 5.26. The molecule has 1 aliphatic heterocycles. The third-order valence-electron chi connectivity index (χ3n) is 3.80. The van der Waals surface area contributed by atoms with Crippen molar-refractivity contribution in [3.05, 3.63) is 62.0 Å². The van der Waals surface area contributed by atoms with Crippen molar-refractivity contribution < 1.29 is 4.74 Å². The van der Waals surface area contributed by atoms with Gasteiger partial charge >= 0.3 is 0 Å². The third-order valence-corrected chi connectivity index (χ3v) is 5.53. The smallest absolute Gasteiger partial charge is 0.125 e. The Bertz CT molecular complexity index is 654. The second kappa shape index (κ2) is 6.84. The van der Waals surface area contributed by atoms with Crippen LogP contribution in [-0.4, -0.2) is 11.9 Å². The maximum absolute atomic E-state index is 5.84. The van der Waals surface area contributed by atoms with Gasteiger partial charge in [0.05, 0.1) is 6.61 Å². The zero-order valence-corrected chi connectivity index (χ0v) is 16.2. The summed E-state index contributed by atoms with van der Waals surface area (Å²) < 4.78 is 8.11. The fourth-order valence-corrected chi connectivity index (χ4v) is 4.36. The zero-order chi connectivity index (χ0) is 14.8. The molecule has 1 atom stereocenters. The molecule has 0 saturated heterocycles. The molecule has 0 fully saturated rings. The van der Waals surface area contributed by atoms with Crippen LogP contribution in [0.15, 0.2) is 45.3 Å². The Kier molecular flexibility index (Phi) is 5.07. The molecule has 21 heavy (non-hydrogen) atoms. The number of hydrogen-bond acceptors (Lipinski definition) is 1. The van der Waals surface area contributed by atoms with Crippen molar-refractivity contribution in [3.63, 3.8) is 0 Å². The van der Waals surface area contributed by atoms with Crippen molar-refractivity contribution in [2.75, 3.05) is 11.9 Å². The van der Waals surface area contributed by atoms with Gasteiger partial charge in [-0.15, -0.1) is 0 Å². The molecule has 0 radical (unpaired) electrons. The summed E-state index contributed by atoms with van der Waals surface area (Å²) in [6.45, 7) is 0.800. The van der Waals surface area contributed by atoms with Crippen LogP contribution in [0.4, 0.5) is 0 Å². The number of hydrogen-bond donors (Lipinski definition) is 0. The van der Waals surface area contributed by atoms with Crippen LogP contribution in [0.5, 0.6) is 5.75 Å². The lowest BCUT2D eigenvalue weighted by molar-refractivity contribution is 0.353. The summed E-state index contributed by atoms with van der Waals surface area (Å²) >= 11 is 10.8. The molecule has 4 heteroatoms. The number of alkyl halides is 1. The van der Waals surface area contributed by atoms with Gasteiger partial charge in [-0.2, -0.15) is 0 Å². The Morgan fingerprint density at radius 3 is 2.71 bits per heavy atom. The Balaban J connectivity index is 1.91. The summed E-state index contributed by atoms with van der Waals surface area (Å²) in [6, 6.07) is 12.9. The van der Waals surface area contributed by atoms with Gasteiger partial charge in [-0.3, -0.25) is 0 Å². The SMILES string of the molecule is BrCC(Cc1cc(Br)cc2c1OCC2)c1cccc(Br)c1. The van der Waals surface area contributed by atoms with Crippen molar-refractivity contribution in [1.29, 1.82) is 0 Å².